The number of hydrogen-bond acceptors (Lipinski definition) is 0. The molecule has 6 rings (SSSR count). The van der Waals surface area contributed by atoms with Crippen molar-refractivity contribution >= 4 is 15.8 Å². The summed E-state index contributed by atoms with van der Waals surface area (Å²) in [6.07, 6.45) is 47.5. The van der Waals surface area contributed by atoms with Gasteiger partial charge in [-0.2, -0.15) is 0 Å². The first-order chi connectivity index (χ1) is 14.9. The van der Waals surface area contributed by atoms with E-state index in [1.54, 1.807) is 11.3 Å². The maximum Gasteiger partial charge on any atom is 2.00 e. The Hall–Kier alpha value is 1.38. The van der Waals surface area contributed by atoms with E-state index in [1.807, 2.05) is 64.2 Å². The van der Waals surface area contributed by atoms with Crippen molar-refractivity contribution in [3.05, 3.63) is 127 Å². The van der Waals surface area contributed by atoms with Crippen molar-refractivity contribution in [2.24, 2.45) is 0 Å². The molecule has 20 radical (unpaired) electrons. The van der Waals surface area contributed by atoms with Gasteiger partial charge in [0, 0.05) is 11.3 Å². The molecule has 0 aromatic carbocycles. The van der Waals surface area contributed by atoms with Crippen LogP contribution in [0.4, 0.5) is 0 Å². The van der Waals surface area contributed by atoms with E-state index < -0.39 is 0 Å². The Morgan fingerprint density at radius 1 is 0.452 bits per heavy atom. The van der Waals surface area contributed by atoms with Gasteiger partial charge in [-0.25, -0.2) is 0 Å². The second kappa shape index (κ2) is 15.4. The Bertz CT molecular complexity index is 393. The molecule has 2 saturated heterocycles. The van der Waals surface area contributed by atoms with Gasteiger partial charge in [-0.05, 0) is 165 Å². The van der Waals surface area contributed by atoms with Gasteiger partial charge < -0.3 is 0 Å². The Morgan fingerprint density at radius 2 is 0.742 bits per heavy atom. The van der Waals surface area contributed by atoms with E-state index in [-0.39, 0.29) is 32.9 Å². The van der Waals surface area contributed by atoms with E-state index in [1.165, 1.54) is 38.0 Å². The van der Waals surface area contributed by atoms with Crippen LogP contribution in [0.3, 0.4) is 0 Å². The van der Waals surface area contributed by atoms with Gasteiger partial charge in [-0.15, -0.1) is 0 Å². The van der Waals surface area contributed by atoms with Gasteiger partial charge in [0.25, 0.3) is 0 Å². The molecule has 0 bridgehead atoms. The molecule has 0 nitrogen and oxygen atoms in total. The van der Waals surface area contributed by atoms with Crippen LogP contribution < -0.4 is 0 Å². The van der Waals surface area contributed by atoms with Crippen LogP contribution in [0.5, 0.6) is 0 Å². The van der Waals surface area contributed by atoms with Crippen LogP contribution in [0.1, 0.15) is 25.7 Å². The molecule has 0 aromatic rings. The molecule has 2 aliphatic heterocycles. The van der Waals surface area contributed by atoms with Crippen LogP contribution in [-0.4, -0.2) is 23.6 Å². The standard InChI is InChI=1S/C18H22P2.2C5H5.Fe/c1-2-8-15(7-1)19-13-5-11-17(19)18-12-6-14-20(18)16-9-3-4-10-16;2*1-2-4-5-3-1;/h1-4,7-10,17-18H,5-6,11-14H2;2*1-5H;/q;;;+2/t17-,18-,19-,20+;;;/m1.../s1. The number of rotatable bonds is 3. The second-order valence-electron chi connectivity index (χ2n) is 8.02. The van der Waals surface area contributed by atoms with Crippen LogP contribution in [0.2, 0.25) is 0 Å². The Morgan fingerprint density at radius 3 is 1.03 bits per heavy atom. The minimum atomic E-state index is 0. The van der Waals surface area contributed by atoms with Crippen molar-refractivity contribution < 1.29 is 17.1 Å². The largest absolute Gasteiger partial charge is 2.00 e. The van der Waals surface area contributed by atoms with Crippen LogP contribution in [0.15, 0.2) is 0 Å². The first-order valence-electron chi connectivity index (χ1n) is 11.2. The molecule has 160 valence electrons. The van der Waals surface area contributed by atoms with E-state index in [0.29, 0.717) is 0 Å². The van der Waals surface area contributed by atoms with E-state index in [2.05, 4.69) is 51.4 Å². The molecule has 0 aromatic heterocycles. The fourth-order valence-electron chi connectivity index (χ4n) is 4.78. The van der Waals surface area contributed by atoms with Gasteiger partial charge >= 0.3 is 17.1 Å². The first kappa shape index (κ1) is 27.0. The average molecular weight is 486 g/mol. The molecule has 4 saturated carbocycles. The van der Waals surface area contributed by atoms with Crippen molar-refractivity contribution in [3.63, 3.8) is 0 Å². The Kier molecular flexibility index (Phi) is 13.4. The number of hydrogen-bond donors (Lipinski definition) is 0. The summed E-state index contributed by atoms with van der Waals surface area (Å²) >= 11 is 0. The van der Waals surface area contributed by atoms with Crippen LogP contribution >= 0.6 is 15.8 Å². The smallest absolute Gasteiger partial charge is 0.0950 e. The summed E-state index contributed by atoms with van der Waals surface area (Å²) in [7, 11) is 0.272. The SMILES string of the molecule is [CH]1[CH][CH][CH][CH]1.[CH]1[CH][CH][CH][CH]1.[CH]1[CH][CH][C]([P@@]2CCC[C@@H]2[C@H]2CCC[P@@]2[C]2[CH][CH][CH][CH]2)[CH]1.[Fe+2]. The summed E-state index contributed by atoms with van der Waals surface area (Å²) in [5.41, 5.74) is 5.42. The molecular formula is C28H32FeP2+2. The van der Waals surface area contributed by atoms with Crippen molar-refractivity contribution in [3.8, 4) is 0 Å². The van der Waals surface area contributed by atoms with Gasteiger partial charge in [0.1, 0.15) is 0 Å². The normalized spacial score (nSPS) is 36.0. The van der Waals surface area contributed by atoms with Crippen LogP contribution in [0, 0.1) is 127 Å². The zero-order valence-electron chi connectivity index (χ0n) is 18.0. The molecule has 4 aliphatic carbocycles. The van der Waals surface area contributed by atoms with Crippen molar-refractivity contribution in [2.75, 3.05) is 12.3 Å². The minimum absolute atomic E-state index is 0. The van der Waals surface area contributed by atoms with Gasteiger partial charge in [0.15, 0.2) is 0 Å². The summed E-state index contributed by atoms with van der Waals surface area (Å²) in [6.45, 7) is 0. The van der Waals surface area contributed by atoms with E-state index in [9.17, 15) is 0 Å². The fraction of sp³-hybridized carbons (Fsp3) is 0.286. The summed E-state index contributed by atoms with van der Waals surface area (Å²) < 4.78 is 0. The van der Waals surface area contributed by atoms with Gasteiger partial charge in [0.2, 0.25) is 0 Å². The Balaban J connectivity index is 0.000000204. The Labute approximate surface area is 208 Å². The quantitative estimate of drug-likeness (QED) is 0.297. The maximum absolute atomic E-state index is 2.39. The molecule has 0 unspecified atom stereocenters. The van der Waals surface area contributed by atoms with Crippen molar-refractivity contribution in [1.82, 2.24) is 0 Å². The summed E-state index contributed by atoms with van der Waals surface area (Å²) in [5, 5.41) is 0. The van der Waals surface area contributed by atoms with Crippen molar-refractivity contribution in [1.29, 1.82) is 0 Å². The molecule has 6 fully saturated rings. The van der Waals surface area contributed by atoms with Gasteiger partial charge in [-0.1, -0.05) is 15.8 Å². The zero-order chi connectivity index (χ0) is 20.4. The molecule has 3 heteroatoms. The topological polar surface area (TPSA) is 0 Å². The third-order valence-electron chi connectivity index (χ3n) is 6.11. The zero-order valence-corrected chi connectivity index (χ0v) is 20.9. The molecule has 4 atom stereocenters. The minimum Gasteiger partial charge on any atom is -0.0950 e. The first-order valence-corrected chi connectivity index (χ1v) is 14.4. The molecule has 2 heterocycles. The van der Waals surface area contributed by atoms with Gasteiger partial charge in [0.05, 0.1) is 0 Å². The van der Waals surface area contributed by atoms with Gasteiger partial charge in [-0.3, -0.25) is 0 Å². The monoisotopic (exact) mass is 486 g/mol. The van der Waals surface area contributed by atoms with E-state index in [0.717, 1.165) is 11.3 Å². The van der Waals surface area contributed by atoms with Crippen molar-refractivity contribution in [2.45, 2.75) is 37.0 Å². The van der Waals surface area contributed by atoms with E-state index >= 15 is 0 Å². The summed E-state index contributed by atoms with van der Waals surface area (Å²) in [6, 6.07) is 0. The molecule has 31 heavy (non-hydrogen) atoms. The van der Waals surface area contributed by atoms with Crippen LogP contribution in [0.25, 0.3) is 0 Å². The third-order valence-corrected chi connectivity index (χ3v) is 12.7. The maximum atomic E-state index is 2.39. The van der Waals surface area contributed by atoms with E-state index in [4.69, 9.17) is 0 Å². The molecule has 0 amide bonds. The molecule has 0 spiro atoms. The molecule has 6 aliphatic rings. The predicted octanol–water partition coefficient (Wildman–Crippen LogP) is 7.04. The third kappa shape index (κ3) is 8.23. The summed E-state index contributed by atoms with van der Waals surface area (Å²) in [4.78, 5) is 0. The second-order valence-corrected chi connectivity index (χ2v) is 13.1. The predicted molar refractivity (Wildman–Crippen MR) is 134 cm³/mol. The summed E-state index contributed by atoms with van der Waals surface area (Å²) in [5.74, 6) is 0. The fourth-order valence-corrected chi connectivity index (χ4v) is 12.0. The average Bonchev–Trinajstić information content (AvgIpc) is 3.66. The van der Waals surface area contributed by atoms with Crippen LogP contribution in [-0.2, 0) is 17.1 Å². The molecular weight excluding hydrogens is 454 g/mol. The molecule has 0 N–H and O–H groups in total.